The zero-order valence-electron chi connectivity index (χ0n) is 8.67. The van der Waals surface area contributed by atoms with Gasteiger partial charge in [0.2, 0.25) is 0 Å². The molecule has 86 valence electrons. The second-order valence-electron chi connectivity index (χ2n) is 4.39. The van der Waals surface area contributed by atoms with Gasteiger partial charge in [0.25, 0.3) is 0 Å². The van der Waals surface area contributed by atoms with E-state index in [1.165, 1.54) is 12.1 Å². The van der Waals surface area contributed by atoms with Gasteiger partial charge in [0.1, 0.15) is 5.82 Å². The Morgan fingerprint density at radius 1 is 1.44 bits per heavy atom. The number of hydrogen-bond acceptors (Lipinski definition) is 1. The minimum atomic E-state index is -0.765. The van der Waals surface area contributed by atoms with Gasteiger partial charge < -0.3 is 5.11 Å². The number of halogens is 2. The average Bonchev–Trinajstić information content (AvgIpc) is 2.09. The van der Waals surface area contributed by atoms with Crippen LogP contribution in [0.2, 0.25) is 0 Å². The van der Waals surface area contributed by atoms with Crippen LogP contribution in [0, 0.1) is 11.2 Å². The highest BCUT2D eigenvalue weighted by molar-refractivity contribution is 9.10. The highest BCUT2D eigenvalue weighted by atomic mass is 79.9. The molecule has 0 spiro atoms. The Hall–Kier alpha value is -0.900. The molecule has 1 aromatic carbocycles. The monoisotopic (exact) mass is 286 g/mol. The molecule has 1 aliphatic rings. The van der Waals surface area contributed by atoms with Crippen LogP contribution in [0.15, 0.2) is 22.7 Å². The maximum absolute atomic E-state index is 13.1. The van der Waals surface area contributed by atoms with Crippen LogP contribution in [-0.2, 0) is 11.2 Å². The molecule has 0 bridgehead atoms. The fourth-order valence-corrected chi connectivity index (χ4v) is 2.69. The van der Waals surface area contributed by atoms with E-state index < -0.39 is 11.4 Å². The Balaban J connectivity index is 2.22. The lowest BCUT2D eigenvalue weighted by Crippen LogP contribution is -2.39. The van der Waals surface area contributed by atoms with Gasteiger partial charge in [-0.25, -0.2) is 4.39 Å². The van der Waals surface area contributed by atoms with Gasteiger partial charge in [-0.05, 0) is 43.0 Å². The molecule has 16 heavy (non-hydrogen) atoms. The van der Waals surface area contributed by atoms with Gasteiger partial charge in [-0.3, -0.25) is 4.79 Å². The first kappa shape index (κ1) is 11.6. The summed E-state index contributed by atoms with van der Waals surface area (Å²) in [5, 5.41) is 9.18. The molecule has 0 aromatic heterocycles. The average molecular weight is 287 g/mol. The molecule has 0 amide bonds. The van der Waals surface area contributed by atoms with E-state index in [4.69, 9.17) is 0 Å². The van der Waals surface area contributed by atoms with E-state index >= 15 is 0 Å². The van der Waals surface area contributed by atoms with Gasteiger partial charge in [0.15, 0.2) is 0 Å². The van der Waals surface area contributed by atoms with E-state index in [1.54, 1.807) is 6.07 Å². The molecular weight excluding hydrogens is 275 g/mol. The number of carboxylic acid groups (broad SMARTS) is 1. The maximum atomic E-state index is 13.1. The molecule has 0 saturated heterocycles. The van der Waals surface area contributed by atoms with Crippen molar-refractivity contribution in [1.29, 1.82) is 0 Å². The summed E-state index contributed by atoms with van der Waals surface area (Å²) in [4.78, 5) is 11.2. The highest BCUT2D eigenvalue weighted by Gasteiger charge is 2.44. The Morgan fingerprint density at radius 3 is 2.56 bits per heavy atom. The SMILES string of the molecule is O=C(O)C1(Cc2cc(F)cc(Br)c2)CCC1. The van der Waals surface area contributed by atoms with Crippen molar-refractivity contribution in [2.24, 2.45) is 5.41 Å². The van der Waals surface area contributed by atoms with E-state index in [0.717, 1.165) is 12.0 Å². The van der Waals surface area contributed by atoms with E-state index in [1.807, 2.05) is 0 Å². The summed E-state index contributed by atoms with van der Waals surface area (Å²) in [6.07, 6.45) is 2.74. The molecule has 1 aromatic rings. The van der Waals surface area contributed by atoms with Crippen molar-refractivity contribution in [3.05, 3.63) is 34.1 Å². The summed E-state index contributed by atoms with van der Waals surface area (Å²) in [5.74, 6) is -1.09. The molecule has 0 unspecified atom stereocenters. The van der Waals surface area contributed by atoms with Gasteiger partial charge in [0, 0.05) is 4.47 Å². The first-order chi connectivity index (χ1) is 7.52. The lowest BCUT2D eigenvalue weighted by Gasteiger charge is -2.37. The smallest absolute Gasteiger partial charge is 0.309 e. The molecule has 1 saturated carbocycles. The van der Waals surface area contributed by atoms with E-state index in [2.05, 4.69) is 15.9 Å². The third kappa shape index (κ3) is 2.12. The molecule has 4 heteroatoms. The number of hydrogen-bond donors (Lipinski definition) is 1. The summed E-state index contributed by atoms with van der Waals surface area (Å²) in [6, 6.07) is 4.57. The predicted octanol–water partition coefficient (Wildman–Crippen LogP) is 3.39. The number of benzene rings is 1. The van der Waals surface area contributed by atoms with Crippen molar-refractivity contribution in [1.82, 2.24) is 0 Å². The second kappa shape index (κ2) is 4.17. The first-order valence-electron chi connectivity index (χ1n) is 5.20. The number of carboxylic acids is 1. The van der Waals surface area contributed by atoms with Crippen molar-refractivity contribution >= 4 is 21.9 Å². The summed E-state index contributed by atoms with van der Waals surface area (Å²) in [6.45, 7) is 0. The fraction of sp³-hybridized carbons (Fsp3) is 0.417. The van der Waals surface area contributed by atoms with Crippen molar-refractivity contribution in [2.75, 3.05) is 0 Å². The summed E-state index contributed by atoms with van der Waals surface area (Å²) >= 11 is 3.21. The normalized spacial score (nSPS) is 17.9. The zero-order valence-corrected chi connectivity index (χ0v) is 10.3. The van der Waals surface area contributed by atoms with Crippen LogP contribution in [0.4, 0.5) is 4.39 Å². The fourth-order valence-electron chi connectivity index (χ4n) is 2.17. The van der Waals surface area contributed by atoms with Crippen LogP contribution < -0.4 is 0 Å². The summed E-state index contributed by atoms with van der Waals surface area (Å²) in [7, 11) is 0. The van der Waals surface area contributed by atoms with E-state index in [-0.39, 0.29) is 5.82 Å². The molecule has 1 aliphatic carbocycles. The standard InChI is InChI=1S/C12H12BrFO2/c13-9-4-8(5-10(14)6-9)7-12(11(15)16)2-1-3-12/h4-6H,1-3,7H2,(H,15,16). The molecule has 2 nitrogen and oxygen atoms in total. The quantitative estimate of drug-likeness (QED) is 0.925. The molecule has 0 radical (unpaired) electrons. The summed E-state index contributed by atoms with van der Waals surface area (Å²) < 4.78 is 13.8. The van der Waals surface area contributed by atoms with Crippen molar-refractivity contribution in [3.8, 4) is 0 Å². The topological polar surface area (TPSA) is 37.3 Å². The summed E-state index contributed by atoms with van der Waals surface area (Å²) in [5.41, 5.74) is 0.0849. The molecule has 0 aliphatic heterocycles. The first-order valence-corrected chi connectivity index (χ1v) is 5.99. The highest BCUT2D eigenvalue weighted by Crippen LogP contribution is 2.44. The van der Waals surface area contributed by atoms with Crippen LogP contribution in [0.3, 0.4) is 0 Å². The molecule has 1 N–H and O–H groups in total. The number of rotatable bonds is 3. The number of aliphatic carboxylic acids is 1. The van der Waals surface area contributed by atoms with Crippen LogP contribution in [-0.4, -0.2) is 11.1 Å². The Kier molecular flexibility index (Phi) is 3.02. The molecule has 0 atom stereocenters. The van der Waals surface area contributed by atoms with Gasteiger partial charge in [0.05, 0.1) is 5.41 Å². The largest absolute Gasteiger partial charge is 0.481 e. The third-order valence-electron chi connectivity index (χ3n) is 3.23. The van der Waals surface area contributed by atoms with Crippen LogP contribution in [0.1, 0.15) is 24.8 Å². The van der Waals surface area contributed by atoms with Crippen molar-refractivity contribution < 1.29 is 14.3 Å². The van der Waals surface area contributed by atoms with Crippen molar-refractivity contribution in [3.63, 3.8) is 0 Å². The minimum Gasteiger partial charge on any atom is -0.481 e. The lowest BCUT2D eigenvalue weighted by molar-refractivity contribution is -0.154. The van der Waals surface area contributed by atoms with Crippen LogP contribution in [0.5, 0.6) is 0 Å². The van der Waals surface area contributed by atoms with Gasteiger partial charge in [-0.2, -0.15) is 0 Å². The Morgan fingerprint density at radius 2 is 2.12 bits per heavy atom. The predicted molar refractivity (Wildman–Crippen MR) is 61.7 cm³/mol. The second-order valence-corrected chi connectivity index (χ2v) is 5.31. The molecule has 1 fully saturated rings. The van der Waals surface area contributed by atoms with Gasteiger partial charge in [-0.1, -0.05) is 22.4 Å². The Bertz CT molecular complexity index is 407. The van der Waals surface area contributed by atoms with E-state index in [9.17, 15) is 14.3 Å². The van der Waals surface area contributed by atoms with Gasteiger partial charge >= 0.3 is 5.97 Å². The number of carbonyl (C=O) groups is 1. The Labute approximate surface area is 102 Å². The molecular formula is C12H12BrFO2. The van der Waals surface area contributed by atoms with E-state index in [0.29, 0.717) is 23.7 Å². The lowest BCUT2D eigenvalue weighted by atomic mass is 9.65. The minimum absolute atomic E-state index is 0.329. The van der Waals surface area contributed by atoms with Crippen molar-refractivity contribution in [2.45, 2.75) is 25.7 Å². The van der Waals surface area contributed by atoms with Crippen LogP contribution >= 0.6 is 15.9 Å². The molecule has 2 rings (SSSR count). The molecule has 0 heterocycles. The van der Waals surface area contributed by atoms with Gasteiger partial charge in [-0.15, -0.1) is 0 Å². The zero-order chi connectivity index (χ0) is 11.8. The maximum Gasteiger partial charge on any atom is 0.309 e. The van der Waals surface area contributed by atoms with Crippen LogP contribution in [0.25, 0.3) is 0 Å². The third-order valence-corrected chi connectivity index (χ3v) is 3.69.